The maximum absolute atomic E-state index is 10.2. The van der Waals surface area contributed by atoms with Crippen molar-refractivity contribution in [2.45, 2.75) is 91.6 Å². The maximum atomic E-state index is 10.2. The van der Waals surface area contributed by atoms with Crippen LogP contribution in [0.15, 0.2) is 0 Å². The molecule has 0 radical (unpaired) electrons. The molecule has 0 saturated heterocycles. The Morgan fingerprint density at radius 1 is 0.818 bits per heavy atom. The SMILES string of the molecule is CCCCC(C=O)CC.CCCCCCC.OCC(O)CO. The summed E-state index contributed by atoms with van der Waals surface area (Å²) in [6.45, 7) is 7.98. The molecule has 1 atom stereocenters. The van der Waals surface area contributed by atoms with E-state index in [1.807, 2.05) is 0 Å². The number of carbonyl (C=O) groups is 1. The molecule has 0 saturated carbocycles. The van der Waals surface area contributed by atoms with Crippen LogP contribution in [0.5, 0.6) is 0 Å². The quantitative estimate of drug-likeness (QED) is 0.400. The van der Waals surface area contributed by atoms with Crippen molar-refractivity contribution in [3.63, 3.8) is 0 Å². The van der Waals surface area contributed by atoms with Crippen LogP contribution in [0.25, 0.3) is 0 Å². The maximum Gasteiger partial charge on any atom is 0.123 e. The smallest absolute Gasteiger partial charge is 0.123 e. The van der Waals surface area contributed by atoms with Crippen molar-refractivity contribution in [3.8, 4) is 0 Å². The summed E-state index contributed by atoms with van der Waals surface area (Å²) >= 11 is 0. The minimum Gasteiger partial charge on any atom is -0.394 e. The highest BCUT2D eigenvalue weighted by Gasteiger charge is 2.01. The second kappa shape index (κ2) is 25.5. The van der Waals surface area contributed by atoms with E-state index in [0.29, 0.717) is 5.92 Å². The molecule has 0 aliphatic carbocycles. The van der Waals surface area contributed by atoms with Gasteiger partial charge in [0, 0.05) is 5.92 Å². The molecule has 0 aromatic heterocycles. The molecular weight excluding hydrogens is 280 g/mol. The zero-order valence-electron chi connectivity index (χ0n) is 15.3. The van der Waals surface area contributed by atoms with Crippen LogP contribution in [0.2, 0.25) is 0 Å². The lowest BCUT2D eigenvalue weighted by atomic mass is 10.0. The van der Waals surface area contributed by atoms with Crippen LogP contribution in [0.4, 0.5) is 0 Å². The van der Waals surface area contributed by atoms with Gasteiger partial charge < -0.3 is 20.1 Å². The van der Waals surface area contributed by atoms with Crippen molar-refractivity contribution in [2.24, 2.45) is 5.92 Å². The number of unbranched alkanes of at least 4 members (excludes halogenated alkanes) is 5. The van der Waals surface area contributed by atoms with Crippen molar-refractivity contribution in [3.05, 3.63) is 0 Å². The summed E-state index contributed by atoms with van der Waals surface area (Å²) in [5.74, 6) is 0.324. The van der Waals surface area contributed by atoms with Crippen molar-refractivity contribution < 1.29 is 20.1 Å². The van der Waals surface area contributed by atoms with Gasteiger partial charge in [-0.25, -0.2) is 0 Å². The fraction of sp³-hybridized carbons (Fsp3) is 0.944. The summed E-state index contributed by atoms with van der Waals surface area (Å²) in [6, 6.07) is 0. The average Bonchev–Trinajstić information content (AvgIpc) is 2.57. The highest BCUT2D eigenvalue weighted by atomic mass is 16.3. The molecule has 0 spiro atoms. The first-order valence-corrected chi connectivity index (χ1v) is 8.92. The molecule has 0 aliphatic heterocycles. The van der Waals surface area contributed by atoms with Crippen LogP contribution >= 0.6 is 0 Å². The summed E-state index contributed by atoms with van der Waals surface area (Å²) in [4.78, 5) is 10.2. The predicted molar refractivity (Wildman–Crippen MR) is 94.0 cm³/mol. The Kier molecular flexibility index (Phi) is 30.7. The Hall–Kier alpha value is -0.450. The van der Waals surface area contributed by atoms with Gasteiger partial charge in [-0.2, -0.15) is 0 Å². The predicted octanol–water partition coefficient (Wildman–Crippen LogP) is 3.71. The van der Waals surface area contributed by atoms with Crippen molar-refractivity contribution in [1.29, 1.82) is 0 Å². The van der Waals surface area contributed by atoms with E-state index in [9.17, 15) is 4.79 Å². The molecule has 3 N–H and O–H groups in total. The third-order valence-corrected chi connectivity index (χ3v) is 3.27. The lowest BCUT2D eigenvalue weighted by Gasteiger charge is -2.03. The lowest BCUT2D eigenvalue weighted by molar-refractivity contribution is -0.111. The molecule has 0 aromatic rings. The van der Waals surface area contributed by atoms with Crippen molar-refractivity contribution in [1.82, 2.24) is 0 Å². The fourth-order valence-electron chi connectivity index (χ4n) is 1.57. The van der Waals surface area contributed by atoms with Gasteiger partial charge >= 0.3 is 0 Å². The number of hydrogen-bond donors (Lipinski definition) is 3. The Bertz CT molecular complexity index is 178. The summed E-state index contributed by atoms with van der Waals surface area (Å²) in [7, 11) is 0. The zero-order valence-corrected chi connectivity index (χ0v) is 15.3. The van der Waals surface area contributed by atoms with E-state index < -0.39 is 6.10 Å². The van der Waals surface area contributed by atoms with Crippen LogP contribution in [-0.4, -0.2) is 40.9 Å². The molecule has 0 bridgehead atoms. The van der Waals surface area contributed by atoms with Gasteiger partial charge in [0.05, 0.1) is 13.2 Å². The van der Waals surface area contributed by atoms with E-state index >= 15 is 0 Å². The van der Waals surface area contributed by atoms with Gasteiger partial charge in [0.15, 0.2) is 0 Å². The minimum atomic E-state index is -0.954. The van der Waals surface area contributed by atoms with Crippen LogP contribution in [0, 0.1) is 5.92 Å². The highest BCUT2D eigenvalue weighted by Crippen LogP contribution is 2.08. The Morgan fingerprint density at radius 3 is 1.50 bits per heavy atom. The molecule has 4 heteroatoms. The standard InChI is InChI=1S/C8H16O.C7H16.C3H8O3/c1-3-5-6-8(4-2)7-9;1-3-5-7-6-4-2;4-1-3(6)2-5/h7-8H,3-6H2,1-2H3;3-7H2,1-2H3;3-6H,1-2H2. The number of carbonyl (C=O) groups excluding carboxylic acids is 1. The second-order valence-electron chi connectivity index (χ2n) is 5.53. The van der Waals surface area contributed by atoms with Gasteiger partial charge in [-0.15, -0.1) is 0 Å². The Morgan fingerprint density at radius 2 is 1.27 bits per heavy atom. The molecule has 1 unspecified atom stereocenters. The minimum absolute atomic E-state index is 0.324. The number of aliphatic hydroxyl groups is 3. The van der Waals surface area contributed by atoms with Crippen LogP contribution in [0.1, 0.15) is 85.5 Å². The third-order valence-electron chi connectivity index (χ3n) is 3.27. The lowest BCUT2D eigenvalue weighted by Crippen LogP contribution is -2.15. The third kappa shape index (κ3) is 27.8. The molecular formula is C18H40O4. The summed E-state index contributed by atoms with van der Waals surface area (Å²) in [5.41, 5.74) is 0. The van der Waals surface area contributed by atoms with Gasteiger partial charge in [-0.3, -0.25) is 0 Å². The molecule has 4 nitrogen and oxygen atoms in total. The van der Waals surface area contributed by atoms with Gasteiger partial charge in [0.2, 0.25) is 0 Å². The van der Waals surface area contributed by atoms with Gasteiger partial charge in [0.25, 0.3) is 0 Å². The molecule has 0 fully saturated rings. The summed E-state index contributed by atoms with van der Waals surface area (Å²) in [6.07, 6.45) is 11.6. The molecule has 0 rings (SSSR count). The van der Waals surface area contributed by atoms with E-state index in [1.165, 1.54) is 44.9 Å². The molecule has 0 aliphatic rings. The number of rotatable bonds is 11. The average molecular weight is 321 g/mol. The van der Waals surface area contributed by atoms with Crippen molar-refractivity contribution in [2.75, 3.05) is 13.2 Å². The number of hydrogen-bond acceptors (Lipinski definition) is 4. The van der Waals surface area contributed by atoms with E-state index in [0.717, 1.165) is 19.1 Å². The van der Waals surface area contributed by atoms with Crippen LogP contribution in [0.3, 0.4) is 0 Å². The molecule has 136 valence electrons. The Balaban J connectivity index is -0.000000252. The summed E-state index contributed by atoms with van der Waals surface area (Å²) < 4.78 is 0. The van der Waals surface area contributed by atoms with Crippen LogP contribution in [-0.2, 0) is 4.79 Å². The largest absolute Gasteiger partial charge is 0.394 e. The molecule has 22 heavy (non-hydrogen) atoms. The normalized spacial score (nSPS) is 11.1. The topological polar surface area (TPSA) is 77.8 Å². The monoisotopic (exact) mass is 320 g/mol. The fourth-order valence-corrected chi connectivity index (χ4v) is 1.57. The number of aliphatic hydroxyl groups excluding tert-OH is 3. The van der Waals surface area contributed by atoms with E-state index in [2.05, 4.69) is 27.7 Å². The Labute approximate surface area is 137 Å². The highest BCUT2D eigenvalue weighted by molar-refractivity contribution is 5.53. The molecule has 0 aromatic carbocycles. The van der Waals surface area contributed by atoms with E-state index in [4.69, 9.17) is 15.3 Å². The van der Waals surface area contributed by atoms with Crippen LogP contribution < -0.4 is 0 Å². The first kappa shape index (κ1) is 26.4. The summed E-state index contributed by atoms with van der Waals surface area (Å²) in [5, 5.41) is 24.0. The molecule has 0 amide bonds. The first-order chi connectivity index (χ1) is 10.6. The zero-order chi connectivity index (χ0) is 17.6. The van der Waals surface area contributed by atoms with Crippen molar-refractivity contribution >= 4 is 6.29 Å². The molecule has 0 heterocycles. The van der Waals surface area contributed by atoms with Gasteiger partial charge in [0.1, 0.15) is 12.4 Å². The number of aldehydes is 1. The van der Waals surface area contributed by atoms with E-state index in [1.54, 1.807) is 0 Å². The van der Waals surface area contributed by atoms with Gasteiger partial charge in [-0.1, -0.05) is 72.6 Å². The van der Waals surface area contributed by atoms with Gasteiger partial charge in [-0.05, 0) is 12.8 Å². The van der Waals surface area contributed by atoms with E-state index in [-0.39, 0.29) is 13.2 Å². The second-order valence-corrected chi connectivity index (χ2v) is 5.53. The first-order valence-electron chi connectivity index (χ1n) is 8.92.